The molecule has 0 aliphatic heterocycles. The Balaban J connectivity index is 1.89. The number of aromatic hydroxyl groups is 1. The van der Waals surface area contributed by atoms with Gasteiger partial charge in [0.05, 0.1) is 16.7 Å². The van der Waals surface area contributed by atoms with Crippen LogP contribution in [-0.2, 0) is 0 Å². The Hall–Kier alpha value is -3.53. The molecule has 0 aliphatic rings. The minimum atomic E-state index is -0.648. The number of benzene rings is 2. The predicted octanol–water partition coefficient (Wildman–Crippen LogP) is 2.67. The molecule has 0 saturated carbocycles. The Morgan fingerprint density at radius 1 is 1.26 bits per heavy atom. The van der Waals surface area contributed by atoms with Gasteiger partial charge in [-0.2, -0.15) is 5.10 Å². The van der Waals surface area contributed by atoms with Gasteiger partial charge < -0.3 is 10.1 Å². The number of H-pyrrole nitrogens is 1. The minimum Gasteiger partial charge on any atom is -0.507 e. The Morgan fingerprint density at radius 3 is 2.78 bits per heavy atom. The molecule has 136 valence electrons. The van der Waals surface area contributed by atoms with Crippen molar-refractivity contribution < 1.29 is 14.8 Å². The van der Waals surface area contributed by atoms with Crippen molar-refractivity contribution in [2.45, 2.75) is 0 Å². The summed E-state index contributed by atoms with van der Waals surface area (Å²) in [5.74, 6) is -0.880. The molecule has 0 spiro atoms. The first-order valence-electron chi connectivity index (χ1n) is 7.48. The van der Waals surface area contributed by atoms with Crippen molar-refractivity contribution in [1.29, 1.82) is 0 Å². The number of fused-ring (bicyclic) bond motifs is 1. The number of halogens is 1. The normalized spacial score (nSPS) is 11.0. The van der Waals surface area contributed by atoms with Crippen LogP contribution in [0.1, 0.15) is 15.9 Å². The van der Waals surface area contributed by atoms with E-state index in [-0.39, 0.29) is 22.6 Å². The fourth-order valence-corrected chi connectivity index (χ4v) is 2.75. The number of hydrazone groups is 1. The lowest BCUT2D eigenvalue weighted by molar-refractivity contribution is -0.384. The van der Waals surface area contributed by atoms with Gasteiger partial charge in [0, 0.05) is 39.1 Å². The summed E-state index contributed by atoms with van der Waals surface area (Å²) in [7, 11) is 0. The topological polar surface area (TPSA) is 138 Å². The number of hydrogen-bond donors (Lipinski definition) is 3. The molecule has 3 aromatic rings. The number of non-ortho nitro benzene ring substituents is 1. The molecular formula is C17H11BrN4O5. The second-order valence-electron chi connectivity index (χ2n) is 5.44. The Bertz CT molecular complexity index is 1160. The molecule has 3 N–H and O–H groups in total. The fraction of sp³-hybridized carbons (Fsp3) is 0. The number of carbonyl (C=O) groups is 1. The van der Waals surface area contributed by atoms with Gasteiger partial charge in [-0.25, -0.2) is 5.43 Å². The number of phenols is 1. The van der Waals surface area contributed by atoms with Crippen molar-refractivity contribution in [2.24, 2.45) is 5.10 Å². The monoisotopic (exact) mass is 430 g/mol. The van der Waals surface area contributed by atoms with Gasteiger partial charge in [-0.05, 0) is 24.3 Å². The SMILES string of the molecule is O=C(N/N=C/c1cc([N+](=O)[O-])ccc1O)c1cc(=O)[nH]c2ccc(Br)cc12. The molecule has 1 heterocycles. The molecule has 0 fully saturated rings. The zero-order valence-corrected chi connectivity index (χ0v) is 15.1. The number of rotatable bonds is 4. The molecular weight excluding hydrogens is 420 g/mol. The highest BCUT2D eigenvalue weighted by Gasteiger charge is 2.12. The maximum Gasteiger partial charge on any atom is 0.272 e. The zero-order valence-electron chi connectivity index (χ0n) is 13.5. The summed E-state index contributed by atoms with van der Waals surface area (Å²) in [6, 6.07) is 9.62. The van der Waals surface area contributed by atoms with Crippen molar-refractivity contribution in [2.75, 3.05) is 0 Å². The number of hydrogen-bond acceptors (Lipinski definition) is 6. The van der Waals surface area contributed by atoms with Crippen LogP contribution in [0.15, 0.2) is 56.8 Å². The van der Waals surface area contributed by atoms with Gasteiger partial charge in [0.15, 0.2) is 0 Å². The number of carbonyl (C=O) groups excluding carboxylic acids is 1. The molecule has 3 rings (SSSR count). The summed E-state index contributed by atoms with van der Waals surface area (Å²) in [5.41, 5.74) is 2.21. The van der Waals surface area contributed by atoms with E-state index >= 15 is 0 Å². The number of nitro groups is 1. The second kappa shape index (κ2) is 7.38. The Kier molecular flexibility index (Phi) is 4.99. The third-order valence-electron chi connectivity index (χ3n) is 3.64. The maximum atomic E-state index is 12.4. The van der Waals surface area contributed by atoms with Gasteiger partial charge in [-0.3, -0.25) is 19.7 Å². The van der Waals surface area contributed by atoms with Gasteiger partial charge >= 0.3 is 0 Å². The first kappa shape index (κ1) is 18.3. The minimum absolute atomic E-state index is 0.0583. The number of nitrogens with zero attached hydrogens (tertiary/aromatic N) is 2. The number of aromatic nitrogens is 1. The van der Waals surface area contributed by atoms with Crippen LogP contribution in [0.4, 0.5) is 5.69 Å². The number of nitro benzene ring substituents is 1. The van der Waals surface area contributed by atoms with Crippen LogP contribution in [0.5, 0.6) is 5.75 Å². The zero-order chi connectivity index (χ0) is 19.6. The molecule has 2 aromatic carbocycles. The van der Waals surface area contributed by atoms with Gasteiger partial charge in [0.1, 0.15) is 5.75 Å². The largest absolute Gasteiger partial charge is 0.507 e. The first-order valence-corrected chi connectivity index (χ1v) is 8.28. The summed E-state index contributed by atoms with van der Waals surface area (Å²) < 4.78 is 0.723. The lowest BCUT2D eigenvalue weighted by Crippen LogP contribution is -2.20. The number of aromatic amines is 1. The highest BCUT2D eigenvalue weighted by molar-refractivity contribution is 9.10. The molecule has 1 amide bonds. The van der Waals surface area contributed by atoms with E-state index in [2.05, 4.69) is 31.4 Å². The van der Waals surface area contributed by atoms with Crippen molar-refractivity contribution >= 4 is 44.6 Å². The number of amides is 1. The van der Waals surface area contributed by atoms with Crippen molar-refractivity contribution in [3.8, 4) is 5.75 Å². The number of nitrogens with one attached hydrogen (secondary N) is 2. The fourth-order valence-electron chi connectivity index (χ4n) is 2.39. The summed E-state index contributed by atoms with van der Waals surface area (Å²) in [4.78, 5) is 37.0. The first-order chi connectivity index (χ1) is 12.8. The van der Waals surface area contributed by atoms with Gasteiger partial charge in [-0.15, -0.1) is 0 Å². The molecule has 1 aromatic heterocycles. The van der Waals surface area contributed by atoms with E-state index in [1.165, 1.54) is 0 Å². The molecule has 0 saturated heterocycles. The van der Waals surface area contributed by atoms with E-state index in [4.69, 9.17) is 0 Å². The van der Waals surface area contributed by atoms with Crippen LogP contribution in [0.3, 0.4) is 0 Å². The number of pyridine rings is 1. The average Bonchev–Trinajstić information content (AvgIpc) is 2.62. The van der Waals surface area contributed by atoms with E-state index in [1.807, 2.05) is 0 Å². The highest BCUT2D eigenvalue weighted by atomic mass is 79.9. The standard InChI is InChI=1S/C17H11BrN4O5/c18-10-1-3-14-12(6-10)13(7-16(24)20-14)17(25)21-19-8-9-5-11(22(26)27)2-4-15(9)23/h1-8,23H,(H,20,24)(H,21,25)/b19-8+. The van der Waals surface area contributed by atoms with Crippen LogP contribution in [0.2, 0.25) is 0 Å². The summed E-state index contributed by atoms with van der Waals surface area (Å²) >= 11 is 3.31. The van der Waals surface area contributed by atoms with Crippen molar-refractivity contribution in [3.05, 3.63) is 78.5 Å². The van der Waals surface area contributed by atoms with Crippen molar-refractivity contribution in [1.82, 2.24) is 10.4 Å². The van der Waals surface area contributed by atoms with Gasteiger partial charge in [-0.1, -0.05) is 15.9 Å². The predicted molar refractivity (Wildman–Crippen MR) is 102 cm³/mol. The molecule has 10 heteroatoms. The summed E-state index contributed by atoms with van der Waals surface area (Å²) in [6.07, 6.45) is 1.07. The Morgan fingerprint density at radius 2 is 2.04 bits per heavy atom. The Labute approximate surface area is 159 Å². The number of phenolic OH excluding ortho intramolecular Hbond substituents is 1. The quantitative estimate of drug-likeness (QED) is 0.331. The van der Waals surface area contributed by atoms with Crippen LogP contribution in [0, 0.1) is 10.1 Å². The second-order valence-corrected chi connectivity index (χ2v) is 6.35. The van der Waals surface area contributed by atoms with Crippen LogP contribution in [0.25, 0.3) is 10.9 Å². The highest BCUT2D eigenvalue weighted by Crippen LogP contribution is 2.22. The van der Waals surface area contributed by atoms with E-state index in [9.17, 15) is 24.8 Å². The molecule has 0 atom stereocenters. The lowest BCUT2D eigenvalue weighted by atomic mass is 10.1. The van der Waals surface area contributed by atoms with Crippen LogP contribution in [-0.4, -0.2) is 27.1 Å². The lowest BCUT2D eigenvalue weighted by Gasteiger charge is -2.05. The van der Waals surface area contributed by atoms with Crippen LogP contribution < -0.4 is 11.0 Å². The van der Waals surface area contributed by atoms with E-state index in [0.29, 0.717) is 10.9 Å². The molecule has 0 unspecified atom stereocenters. The molecule has 0 radical (unpaired) electrons. The molecule has 0 aliphatic carbocycles. The molecule has 27 heavy (non-hydrogen) atoms. The van der Waals surface area contributed by atoms with Crippen LogP contribution >= 0.6 is 15.9 Å². The van der Waals surface area contributed by atoms with Gasteiger partial charge in [0.2, 0.25) is 5.56 Å². The molecule has 9 nitrogen and oxygen atoms in total. The smallest absolute Gasteiger partial charge is 0.272 e. The van der Waals surface area contributed by atoms with E-state index in [1.54, 1.807) is 18.2 Å². The summed E-state index contributed by atoms with van der Waals surface area (Å²) in [5, 5.41) is 24.7. The third-order valence-corrected chi connectivity index (χ3v) is 4.13. The van der Waals surface area contributed by atoms with E-state index < -0.39 is 16.4 Å². The van der Waals surface area contributed by atoms with Crippen molar-refractivity contribution in [3.63, 3.8) is 0 Å². The average molecular weight is 431 g/mol. The third kappa shape index (κ3) is 4.01. The van der Waals surface area contributed by atoms with E-state index in [0.717, 1.165) is 35.0 Å². The summed E-state index contributed by atoms with van der Waals surface area (Å²) in [6.45, 7) is 0. The molecule has 0 bridgehead atoms. The van der Waals surface area contributed by atoms with Gasteiger partial charge in [0.25, 0.3) is 11.6 Å². The maximum absolute atomic E-state index is 12.4.